The summed E-state index contributed by atoms with van der Waals surface area (Å²) in [6, 6.07) is 1.82. The van der Waals surface area contributed by atoms with Gasteiger partial charge in [-0.1, -0.05) is 6.07 Å². The lowest BCUT2D eigenvalue weighted by Gasteiger charge is -2.16. The van der Waals surface area contributed by atoms with Crippen molar-refractivity contribution in [2.75, 3.05) is 13.2 Å². The smallest absolute Gasteiger partial charge is 0.129 e. The number of aliphatic hydroxyl groups is 1. The molecule has 0 spiro atoms. The number of ether oxygens (including phenoxy) is 1. The van der Waals surface area contributed by atoms with E-state index in [1.165, 1.54) is 0 Å². The zero-order valence-electron chi connectivity index (χ0n) is 9.01. The predicted octanol–water partition coefficient (Wildman–Crippen LogP) is 2.05. The molecule has 1 unspecified atom stereocenters. The molecule has 2 rings (SSSR count). The van der Waals surface area contributed by atoms with Crippen molar-refractivity contribution in [3.63, 3.8) is 0 Å². The normalized spacial score (nSPS) is 20.9. The number of aliphatic hydroxyl groups excluding tert-OH is 1. The first-order valence-electron chi connectivity index (χ1n) is 5.15. The Morgan fingerprint density at radius 1 is 1.47 bits per heavy atom. The minimum Gasteiger partial charge on any atom is -0.386 e. The van der Waals surface area contributed by atoms with Gasteiger partial charge in [-0.2, -0.15) is 0 Å². The highest BCUT2D eigenvalue weighted by atomic mass is 19.1. The van der Waals surface area contributed by atoms with Crippen LogP contribution in [0.25, 0.3) is 0 Å². The third-order valence-corrected chi connectivity index (χ3v) is 2.94. The Labute approximate surface area is 88.7 Å². The van der Waals surface area contributed by atoms with Crippen LogP contribution < -0.4 is 0 Å². The van der Waals surface area contributed by atoms with Crippen molar-refractivity contribution in [1.29, 1.82) is 0 Å². The first-order chi connectivity index (χ1) is 7.11. The van der Waals surface area contributed by atoms with E-state index in [0.29, 0.717) is 17.7 Å². The summed E-state index contributed by atoms with van der Waals surface area (Å²) >= 11 is 0. The van der Waals surface area contributed by atoms with Gasteiger partial charge in [-0.05, 0) is 42.5 Å². The van der Waals surface area contributed by atoms with Gasteiger partial charge in [0, 0.05) is 0 Å². The van der Waals surface area contributed by atoms with Crippen molar-refractivity contribution in [3.8, 4) is 0 Å². The lowest BCUT2D eigenvalue weighted by Crippen LogP contribution is -2.08. The summed E-state index contributed by atoms with van der Waals surface area (Å²) in [6.45, 7) is 4.32. The average Bonchev–Trinajstić information content (AvgIpc) is 2.37. The highest BCUT2D eigenvalue weighted by molar-refractivity contribution is 5.41. The molecule has 0 aliphatic carbocycles. The van der Waals surface area contributed by atoms with Gasteiger partial charge in [0.1, 0.15) is 11.9 Å². The monoisotopic (exact) mass is 210 g/mol. The van der Waals surface area contributed by atoms with Crippen LogP contribution in [-0.4, -0.2) is 18.3 Å². The molecule has 1 aliphatic rings. The van der Waals surface area contributed by atoms with E-state index in [1.54, 1.807) is 13.8 Å². The van der Waals surface area contributed by atoms with Crippen LogP contribution in [0.5, 0.6) is 0 Å². The number of benzene rings is 1. The first-order valence-corrected chi connectivity index (χ1v) is 5.15. The summed E-state index contributed by atoms with van der Waals surface area (Å²) in [5.74, 6) is -0.213. The minimum absolute atomic E-state index is 0.213. The lowest BCUT2D eigenvalue weighted by molar-refractivity contribution is 0.0448. The summed E-state index contributed by atoms with van der Waals surface area (Å²) in [7, 11) is 0. The van der Waals surface area contributed by atoms with Crippen molar-refractivity contribution < 1.29 is 14.2 Å². The van der Waals surface area contributed by atoms with Crippen LogP contribution in [0.1, 0.15) is 28.4 Å². The summed E-state index contributed by atoms with van der Waals surface area (Å²) in [5.41, 5.74) is 2.93. The van der Waals surface area contributed by atoms with Gasteiger partial charge in [0.15, 0.2) is 0 Å². The number of hydrogen-bond donors (Lipinski definition) is 1. The Hall–Kier alpha value is -0.930. The van der Waals surface area contributed by atoms with Crippen LogP contribution in [0.2, 0.25) is 0 Å². The fraction of sp³-hybridized carbons (Fsp3) is 0.500. The molecule has 1 aromatic rings. The second-order valence-corrected chi connectivity index (χ2v) is 4.05. The predicted molar refractivity (Wildman–Crippen MR) is 55.4 cm³/mol. The molecule has 0 saturated carbocycles. The third-order valence-electron chi connectivity index (χ3n) is 2.94. The molecule has 15 heavy (non-hydrogen) atoms. The summed E-state index contributed by atoms with van der Waals surface area (Å²) in [6.07, 6.45) is 0.0477. The Morgan fingerprint density at radius 2 is 2.20 bits per heavy atom. The molecule has 0 radical (unpaired) electrons. The second kappa shape index (κ2) is 3.91. The molecule has 0 fully saturated rings. The molecular formula is C12H15FO2. The van der Waals surface area contributed by atoms with E-state index in [-0.39, 0.29) is 12.4 Å². The van der Waals surface area contributed by atoms with Gasteiger partial charge in [-0.15, -0.1) is 0 Å². The van der Waals surface area contributed by atoms with Gasteiger partial charge in [-0.25, -0.2) is 4.39 Å². The van der Waals surface area contributed by atoms with E-state index in [9.17, 15) is 9.50 Å². The summed E-state index contributed by atoms with van der Waals surface area (Å²) in [5, 5.41) is 9.85. The van der Waals surface area contributed by atoms with Crippen molar-refractivity contribution in [1.82, 2.24) is 0 Å². The molecule has 1 aliphatic heterocycles. The third kappa shape index (κ3) is 1.77. The van der Waals surface area contributed by atoms with Gasteiger partial charge in [0.05, 0.1) is 13.2 Å². The topological polar surface area (TPSA) is 29.5 Å². The van der Waals surface area contributed by atoms with Gasteiger partial charge in [0.25, 0.3) is 0 Å². The van der Waals surface area contributed by atoms with Crippen molar-refractivity contribution in [2.45, 2.75) is 26.4 Å². The first kappa shape index (κ1) is 10.6. The van der Waals surface area contributed by atoms with E-state index < -0.39 is 6.10 Å². The van der Waals surface area contributed by atoms with Crippen LogP contribution in [0.4, 0.5) is 4.39 Å². The summed E-state index contributed by atoms with van der Waals surface area (Å²) in [4.78, 5) is 0. The zero-order chi connectivity index (χ0) is 11.0. The number of fused-ring (bicyclic) bond motifs is 1. The van der Waals surface area contributed by atoms with E-state index in [0.717, 1.165) is 17.5 Å². The number of rotatable bonds is 0. The van der Waals surface area contributed by atoms with Crippen molar-refractivity contribution in [2.24, 2.45) is 0 Å². The van der Waals surface area contributed by atoms with Crippen LogP contribution in [0, 0.1) is 19.7 Å². The molecule has 1 aromatic carbocycles. The SMILES string of the molecule is Cc1cc2c(c(C)c1F)C(O)COCC2. The second-order valence-electron chi connectivity index (χ2n) is 4.05. The van der Waals surface area contributed by atoms with Crippen LogP contribution in [0.3, 0.4) is 0 Å². The molecule has 2 nitrogen and oxygen atoms in total. The highest BCUT2D eigenvalue weighted by Gasteiger charge is 2.21. The van der Waals surface area contributed by atoms with Gasteiger partial charge in [-0.3, -0.25) is 0 Å². The Kier molecular flexibility index (Phi) is 2.76. The number of hydrogen-bond acceptors (Lipinski definition) is 2. The Morgan fingerprint density at radius 3 is 2.93 bits per heavy atom. The number of aryl methyl sites for hydroxylation is 1. The largest absolute Gasteiger partial charge is 0.386 e. The molecule has 0 aromatic heterocycles. The maximum absolute atomic E-state index is 13.7. The average molecular weight is 210 g/mol. The van der Waals surface area contributed by atoms with E-state index >= 15 is 0 Å². The maximum atomic E-state index is 13.7. The summed E-state index contributed by atoms with van der Waals surface area (Å²) < 4.78 is 18.9. The lowest BCUT2D eigenvalue weighted by atomic mass is 9.93. The Bertz CT molecular complexity index is 388. The minimum atomic E-state index is -0.697. The molecular weight excluding hydrogens is 195 g/mol. The van der Waals surface area contributed by atoms with Gasteiger partial charge in [0.2, 0.25) is 0 Å². The molecule has 1 atom stereocenters. The van der Waals surface area contributed by atoms with Crippen molar-refractivity contribution in [3.05, 3.63) is 34.1 Å². The molecule has 1 heterocycles. The standard InChI is InChI=1S/C12H15FO2/c1-7-5-9-3-4-15-6-10(14)11(9)8(2)12(7)13/h5,10,14H,3-4,6H2,1-2H3. The molecule has 82 valence electrons. The fourth-order valence-corrected chi connectivity index (χ4v) is 2.19. The molecule has 3 heteroatoms. The fourth-order valence-electron chi connectivity index (χ4n) is 2.19. The van der Waals surface area contributed by atoms with Crippen LogP contribution in [-0.2, 0) is 11.2 Å². The molecule has 0 bridgehead atoms. The molecule has 0 amide bonds. The van der Waals surface area contributed by atoms with Crippen LogP contribution >= 0.6 is 0 Å². The number of halogens is 1. The van der Waals surface area contributed by atoms with E-state index in [2.05, 4.69) is 0 Å². The zero-order valence-corrected chi connectivity index (χ0v) is 9.01. The Balaban J connectivity index is 2.61. The van der Waals surface area contributed by atoms with E-state index in [4.69, 9.17) is 4.74 Å². The van der Waals surface area contributed by atoms with Crippen molar-refractivity contribution >= 4 is 0 Å². The van der Waals surface area contributed by atoms with Crippen LogP contribution in [0.15, 0.2) is 6.07 Å². The van der Waals surface area contributed by atoms with Gasteiger partial charge < -0.3 is 9.84 Å². The maximum Gasteiger partial charge on any atom is 0.129 e. The van der Waals surface area contributed by atoms with E-state index in [1.807, 2.05) is 6.07 Å². The van der Waals surface area contributed by atoms with Gasteiger partial charge >= 0.3 is 0 Å². The highest BCUT2D eigenvalue weighted by Crippen LogP contribution is 2.29. The molecule has 1 N–H and O–H groups in total. The quantitative estimate of drug-likeness (QED) is 0.710. The molecule has 0 saturated heterocycles.